The number of nitrogens with one attached hydrogen (secondary N) is 2. The van der Waals surface area contributed by atoms with Crippen molar-refractivity contribution in [3.8, 4) is 0 Å². The monoisotopic (exact) mass is 380 g/mol. The van der Waals surface area contributed by atoms with E-state index in [0.717, 1.165) is 29.8 Å². The molecule has 0 saturated heterocycles. The molecule has 1 aromatic carbocycles. The smallest absolute Gasteiger partial charge is 0.348 e. The van der Waals surface area contributed by atoms with Gasteiger partial charge < -0.3 is 10.3 Å². The second kappa shape index (κ2) is 7.98. The van der Waals surface area contributed by atoms with Crippen LogP contribution in [0.5, 0.6) is 0 Å². The molecule has 0 aliphatic carbocycles. The number of aromatic nitrogens is 1. The van der Waals surface area contributed by atoms with Gasteiger partial charge >= 0.3 is 6.18 Å². The molecule has 2 rings (SSSR count). The molecule has 0 fully saturated rings. The molecular formula is C20H23F3N2O2. The Balaban J connectivity index is 2.32. The summed E-state index contributed by atoms with van der Waals surface area (Å²) in [6.07, 6.45) is -3.02. The lowest BCUT2D eigenvalue weighted by atomic mass is 9.98. The van der Waals surface area contributed by atoms with Crippen LogP contribution in [0.1, 0.15) is 57.2 Å². The van der Waals surface area contributed by atoms with Crippen molar-refractivity contribution in [2.75, 3.05) is 0 Å². The highest BCUT2D eigenvalue weighted by Crippen LogP contribution is 2.32. The predicted octanol–water partition coefficient (Wildman–Crippen LogP) is 4.20. The molecule has 7 heteroatoms. The van der Waals surface area contributed by atoms with Crippen molar-refractivity contribution in [1.82, 2.24) is 10.3 Å². The lowest BCUT2D eigenvalue weighted by Gasteiger charge is -2.15. The molecule has 27 heavy (non-hydrogen) atoms. The Morgan fingerprint density at radius 2 is 1.81 bits per heavy atom. The molecule has 1 heterocycles. The average Bonchev–Trinajstić information content (AvgIpc) is 2.55. The summed E-state index contributed by atoms with van der Waals surface area (Å²) >= 11 is 0. The first-order valence-electron chi connectivity index (χ1n) is 8.73. The number of pyridine rings is 1. The first kappa shape index (κ1) is 20.7. The highest BCUT2D eigenvalue weighted by Gasteiger charge is 2.32. The lowest BCUT2D eigenvalue weighted by Crippen LogP contribution is -2.29. The first-order valence-corrected chi connectivity index (χ1v) is 8.73. The molecule has 0 unspecified atom stereocenters. The zero-order chi connectivity index (χ0) is 20.4. The number of rotatable bonds is 5. The standard InChI is InChI=1S/C20H23F3N2O2/c1-5-6-14-8-12(3)25-19(27)17(14)10-24-18(26)16-9-15(20(21,22)23)7-11(2)13(16)4/h7-9H,5-6,10H2,1-4H3,(H,24,26)(H,25,27). The molecular weight excluding hydrogens is 357 g/mol. The van der Waals surface area contributed by atoms with Gasteiger partial charge in [-0.25, -0.2) is 0 Å². The highest BCUT2D eigenvalue weighted by molar-refractivity contribution is 5.96. The van der Waals surface area contributed by atoms with Crippen molar-refractivity contribution >= 4 is 5.91 Å². The molecule has 0 spiro atoms. The van der Waals surface area contributed by atoms with E-state index in [9.17, 15) is 22.8 Å². The van der Waals surface area contributed by atoms with Gasteiger partial charge in [0.25, 0.3) is 11.5 Å². The summed E-state index contributed by atoms with van der Waals surface area (Å²) in [6, 6.07) is 3.73. The normalized spacial score (nSPS) is 11.5. The van der Waals surface area contributed by atoms with Crippen molar-refractivity contribution in [3.05, 3.63) is 67.6 Å². The van der Waals surface area contributed by atoms with Crippen LogP contribution in [0.2, 0.25) is 0 Å². The van der Waals surface area contributed by atoms with Gasteiger partial charge in [0.2, 0.25) is 0 Å². The number of carbonyl (C=O) groups is 1. The van der Waals surface area contributed by atoms with E-state index in [2.05, 4.69) is 10.3 Å². The van der Waals surface area contributed by atoms with Crippen molar-refractivity contribution in [3.63, 3.8) is 0 Å². The summed E-state index contributed by atoms with van der Waals surface area (Å²) in [5, 5.41) is 2.59. The first-order chi connectivity index (χ1) is 12.5. The molecule has 0 atom stereocenters. The third kappa shape index (κ3) is 4.78. The summed E-state index contributed by atoms with van der Waals surface area (Å²) < 4.78 is 39.1. The minimum absolute atomic E-state index is 0.0390. The number of aromatic amines is 1. The summed E-state index contributed by atoms with van der Waals surface area (Å²) in [5.41, 5.74) is 1.65. The number of H-pyrrole nitrogens is 1. The molecule has 2 aromatic rings. The number of carbonyl (C=O) groups excluding carboxylic acids is 1. The molecule has 0 aliphatic heterocycles. The average molecular weight is 380 g/mol. The summed E-state index contributed by atoms with van der Waals surface area (Å²) in [7, 11) is 0. The van der Waals surface area contributed by atoms with Crippen LogP contribution in [0.15, 0.2) is 23.0 Å². The van der Waals surface area contributed by atoms with Crippen molar-refractivity contribution in [2.24, 2.45) is 0 Å². The SMILES string of the molecule is CCCc1cc(C)[nH]c(=O)c1CNC(=O)c1cc(C(F)(F)F)cc(C)c1C. The van der Waals surface area contributed by atoms with Crippen LogP contribution in [0.25, 0.3) is 0 Å². The van der Waals surface area contributed by atoms with Crippen molar-refractivity contribution < 1.29 is 18.0 Å². The second-order valence-electron chi connectivity index (χ2n) is 6.68. The van der Waals surface area contributed by atoms with E-state index < -0.39 is 17.6 Å². The Labute approximate surface area is 155 Å². The number of benzene rings is 1. The van der Waals surface area contributed by atoms with Gasteiger partial charge in [0, 0.05) is 23.4 Å². The maximum atomic E-state index is 13.0. The number of alkyl halides is 3. The molecule has 1 aromatic heterocycles. The van der Waals surface area contributed by atoms with Crippen LogP contribution in [0.4, 0.5) is 13.2 Å². The fourth-order valence-corrected chi connectivity index (χ4v) is 2.99. The molecule has 0 saturated carbocycles. The Kier molecular flexibility index (Phi) is 6.13. The highest BCUT2D eigenvalue weighted by atomic mass is 19.4. The maximum Gasteiger partial charge on any atom is 0.416 e. The van der Waals surface area contributed by atoms with Gasteiger partial charge in [-0.05, 0) is 62.1 Å². The van der Waals surface area contributed by atoms with E-state index in [1.807, 2.05) is 13.0 Å². The lowest BCUT2D eigenvalue weighted by molar-refractivity contribution is -0.137. The van der Waals surface area contributed by atoms with E-state index in [4.69, 9.17) is 0 Å². The third-order valence-electron chi connectivity index (χ3n) is 4.55. The van der Waals surface area contributed by atoms with Crippen LogP contribution in [-0.4, -0.2) is 10.9 Å². The van der Waals surface area contributed by atoms with Gasteiger partial charge in [-0.3, -0.25) is 9.59 Å². The zero-order valence-electron chi connectivity index (χ0n) is 15.8. The Morgan fingerprint density at radius 3 is 2.41 bits per heavy atom. The number of aryl methyl sites for hydroxylation is 3. The van der Waals surface area contributed by atoms with Crippen LogP contribution < -0.4 is 10.9 Å². The van der Waals surface area contributed by atoms with Crippen molar-refractivity contribution in [2.45, 2.75) is 53.3 Å². The van der Waals surface area contributed by atoms with E-state index >= 15 is 0 Å². The molecule has 4 nitrogen and oxygen atoms in total. The molecule has 146 valence electrons. The third-order valence-corrected chi connectivity index (χ3v) is 4.55. The minimum atomic E-state index is -4.53. The largest absolute Gasteiger partial charge is 0.416 e. The van der Waals surface area contributed by atoms with E-state index in [-0.39, 0.29) is 17.7 Å². The molecule has 2 N–H and O–H groups in total. The van der Waals surface area contributed by atoms with Crippen LogP contribution in [0, 0.1) is 20.8 Å². The summed E-state index contributed by atoms with van der Waals surface area (Å²) in [4.78, 5) is 27.5. The zero-order valence-corrected chi connectivity index (χ0v) is 15.8. The number of hydrogen-bond donors (Lipinski definition) is 2. The fraction of sp³-hybridized carbons (Fsp3) is 0.400. The molecule has 0 radical (unpaired) electrons. The van der Waals surface area contributed by atoms with Crippen LogP contribution in [0.3, 0.4) is 0 Å². The van der Waals surface area contributed by atoms with Gasteiger partial charge in [-0.1, -0.05) is 13.3 Å². The predicted molar refractivity (Wildman–Crippen MR) is 97.9 cm³/mol. The Morgan fingerprint density at radius 1 is 1.15 bits per heavy atom. The van der Waals surface area contributed by atoms with Crippen LogP contribution >= 0.6 is 0 Å². The van der Waals surface area contributed by atoms with E-state index in [0.29, 0.717) is 23.1 Å². The number of hydrogen-bond acceptors (Lipinski definition) is 2. The van der Waals surface area contributed by atoms with E-state index in [1.54, 1.807) is 13.8 Å². The van der Waals surface area contributed by atoms with E-state index in [1.165, 1.54) is 6.92 Å². The molecule has 0 aliphatic rings. The quantitative estimate of drug-likeness (QED) is 0.817. The van der Waals surface area contributed by atoms with Crippen LogP contribution in [-0.2, 0) is 19.1 Å². The number of amides is 1. The topological polar surface area (TPSA) is 62.0 Å². The van der Waals surface area contributed by atoms with Gasteiger partial charge in [0.05, 0.1) is 5.56 Å². The number of halogens is 3. The fourth-order valence-electron chi connectivity index (χ4n) is 2.99. The van der Waals surface area contributed by atoms with Gasteiger partial charge in [0.1, 0.15) is 0 Å². The molecule has 0 bridgehead atoms. The molecule has 1 amide bonds. The van der Waals surface area contributed by atoms with Gasteiger partial charge in [0.15, 0.2) is 0 Å². The van der Waals surface area contributed by atoms with Gasteiger partial charge in [-0.2, -0.15) is 13.2 Å². The summed E-state index contributed by atoms with van der Waals surface area (Å²) in [5.74, 6) is -0.635. The summed E-state index contributed by atoms with van der Waals surface area (Å²) in [6.45, 7) is 6.85. The van der Waals surface area contributed by atoms with Crippen molar-refractivity contribution in [1.29, 1.82) is 0 Å². The second-order valence-corrected chi connectivity index (χ2v) is 6.68. The Bertz CT molecular complexity index is 915. The van der Waals surface area contributed by atoms with Gasteiger partial charge in [-0.15, -0.1) is 0 Å². The maximum absolute atomic E-state index is 13.0. The minimum Gasteiger partial charge on any atom is -0.348 e. The Hall–Kier alpha value is -2.57.